The van der Waals surface area contributed by atoms with Gasteiger partial charge >= 0.3 is 0 Å². The lowest BCUT2D eigenvalue weighted by Gasteiger charge is -2.33. The molecule has 28 heavy (non-hydrogen) atoms. The predicted octanol–water partition coefficient (Wildman–Crippen LogP) is 4.21. The third kappa shape index (κ3) is 7.38. The van der Waals surface area contributed by atoms with Crippen LogP contribution in [0.1, 0.15) is 66.4 Å². The van der Waals surface area contributed by atoms with Gasteiger partial charge in [0.2, 0.25) is 0 Å². The van der Waals surface area contributed by atoms with Crippen LogP contribution in [0, 0.1) is 5.41 Å². The Kier molecular flexibility index (Phi) is 8.35. The number of hydrogen-bond donors (Lipinski definition) is 2. The fourth-order valence-corrected chi connectivity index (χ4v) is 4.64. The van der Waals surface area contributed by atoms with Gasteiger partial charge in [-0.25, -0.2) is 0 Å². The lowest BCUT2D eigenvalue weighted by atomic mass is 9.72. The van der Waals surface area contributed by atoms with Crippen LogP contribution < -0.4 is 10.1 Å². The Morgan fingerprint density at radius 3 is 2.46 bits per heavy atom. The number of rotatable bonds is 10. The second kappa shape index (κ2) is 10.1. The van der Waals surface area contributed by atoms with Crippen molar-refractivity contribution in [2.45, 2.75) is 78.4 Å². The molecule has 2 atom stereocenters. The molecule has 4 nitrogen and oxygen atoms in total. The average Bonchev–Trinajstić information content (AvgIpc) is 3.06. The van der Waals surface area contributed by atoms with Crippen molar-refractivity contribution < 1.29 is 9.84 Å². The van der Waals surface area contributed by atoms with Gasteiger partial charge in [0, 0.05) is 19.1 Å². The van der Waals surface area contributed by atoms with Crippen molar-refractivity contribution in [1.82, 2.24) is 10.2 Å². The summed E-state index contributed by atoms with van der Waals surface area (Å²) >= 11 is 0. The van der Waals surface area contributed by atoms with E-state index in [0.29, 0.717) is 24.6 Å². The van der Waals surface area contributed by atoms with Gasteiger partial charge in [-0.1, -0.05) is 53.7 Å². The molecule has 2 N–H and O–H groups in total. The molecule has 160 valence electrons. The molecule has 0 radical (unpaired) electrons. The molecule has 1 heterocycles. The van der Waals surface area contributed by atoms with Crippen molar-refractivity contribution in [3.63, 3.8) is 0 Å². The van der Waals surface area contributed by atoms with E-state index in [1.165, 1.54) is 24.9 Å². The average molecular weight is 391 g/mol. The van der Waals surface area contributed by atoms with E-state index in [2.05, 4.69) is 63.9 Å². The van der Waals surface area contributed by atoms with Gasteiger partial charge in [0.25, 0.3) is 0 Å². The van der Waals surface area contributed by atoms with Gasteiger partial charge in [-0.3, -0.25) is 4.90 Å². The van der Waals surface area contributed by atoms with E-state index >= 15 is 0 Å². The Morgan fingerprint density at radius 1 is 1.18 bits per heavy atom. The van der Waals surface area contributed by atoms with Crippen LogP contribution in [0.15, 0.2) is 24.3 Å². The Balaban J connectivity index is 1.73. The van der Waals surface area contributed by atoms with Crippen molar-refractivity contribution in [3.8, 4) is 5.75 Å². The molecule has 0 saturated carbocycles. The van der Waals surface area contributed by atoms with Crippen LogP contribution in [-0.4, -0.2) is 54.9 Å². The molecule has 0 aromatic heterocycles. The van der Waals surface area contributed by atoms with Gasteiger partial charge in [0.1, 0.15) is 18.5 Å². The van der Waals surface area contributed by atoms with Gasteiger partial charge < -0.3 is 15.2 Å². The SMILES string of the molecule is CCN1CCCC1CNCC(O)COc1ccc(C(C)(C)CC(C)(C)C)cc1. The zero-order chi connectivity index (χ0) is 20.8. The van der Waals surface area contributed by atoms with Crippen LogP contribution in [0.5, 0.6) is 5.75 Å². The molecule has 1 aromatic carbocycles. The van der Waals surface area contributed by atoms with Crippen LogP contribution in [0.2, 0.25) is 0 Å². The van der Waals surface area contributed by atoms with Crippen LogP contribution in [-0.2, 0) is 5.41 Å². The van der Waals surface area contributed by atoms with Gasteiger partial charge in [-0.2, -0.15) is 0 Å². The Morgan fingerprint density at radius 2 is 1.86 bits per heavy atom. The Hall–Kier alpha value is -1.10. The molecule has 1 fully saturated rings. The largest absolute Gasteiger partial charge is 0.491 e. The molecular weight excluding hydrogens is 348 g/mol. The predicted molar refractivity (Wildman–Crippen MR) is 118 cm³/mol. The fourth-order valence-electron chi connectivity index (χ4n) is 4.64. The Bertz CT molecular complexity index is 577. The minimum absolute atomic E-state index is 0.132. The van der Waals surface area contributed by atoms with Crippen LogP contribution in [0.3, 0.4) is 0 Å². The Labute approximate surface area is 172 Å². The zero-order valence-corrected chi connectivity index (χ0v) is 18.9. The molecule has 2 unspecified atom stereocenters. The third-order valence-electron chi connectivity index (χ3n) is 5.72. The number of likely N-dealkylation sites (tertiary alicyclic amines) is 1. The molecule has 1 aliphatic heterocycles. The number of nitrogens with zero attached hydrogens (tertiary/aromatic N) is 1. The van der Waals surface area contributed by atoms with E-state index in [-0.39, 0.29) is 5.41 Å². The van der Waals surface area contributed by atoms with Gasteiger partial charge in [0.15, 0.2) is 0 Å². The molecule has 1 aromatic rings. The van der Waals surface area contributed by atoms with Crippen molar-refractivity contribution in [2.75, 3.05) is 32.8 Å². The molecule has 2 rings (SSSR count). The number of aliphatic hydroxyl groups is 1. The van der Waals surface area contributed by atoms with E-state index in [0.717, 1.165) is 25.3 Å². The van der Waals surface area contributed by atoms with Gasteiger partial charge in [0.05, 0.1) is 0 Å². The van der Waals surface area contributed by atoms with Crippen molar-refractivity contribution >= 4 is 0 Å². The smallest absolute Gasteiger partial charge is 0.119 e. The van der Waals surface area contributed by atoms with E-state index in [1.807, 2.05) is 12.1 Å². The minimum Gasteiger partial charge on any atom is -0.491 e. The van der Waals surface area contributed by atoms with Crippen LogP contribution >= 0.6 is 0 Å². The van der Waals surface area contributed by atoms with E-state index < -0.39 is 6.10 Å². The fraction of sp³-hybridized carbons (Fsp3) is 0.750. The number of aliphatic hydroxyl groups excluding tert-OH is 1. The maximum atomic E-state index is 10.2. The highest BCUT2D eigenvalue weighted by Crippen LogP contribution is 2.36. The first-order chi connectivity index (χ1) is 13.1. The summed E-state index contributed by atoms with van der Waals surface area (Å²) in [6.07, 6.45) is 3.18. The summed E-state index contributed by atoms with van der Waals surface area (Å²) in [4.78, 5) is 2.51. The molecule has 0 aliphatic carbocycles. The zero-order valence-electron chi connectivity index (χ0n) is 18.9. The van der Waals surface area contributed by atoms with Crippen molar-refractivity contribution in [3.05, 3.63) is 29.8 Å². The van der Waals surface area contributed by atoms with Gasteiger partial charge in [-0.05, 0) is 60.9 Å². The highest BCUT2D eigenvalue weighted by molar-refractivity contribution is 5.31. The molecule has 4 heteroatoms. The van der Waals surface area contributed by atoms with Crippen molar-refractivity contribution in [1.29, 1.82) is 0 Å². The topological polar surface area (TPSA) is 44.7 Å². The highest BCUT2D eigenvalue weighted by Gasteiger charge is 2.27. The summed E-state index contributed by atoms with van der Waals surface area (Å²) in [5, 5.41) is 13.6. The number of hydrogen-bond acceptors (Lipinski definition) is 4. The number of ether oxygens (including phenoxy) is 1. The molecule has 1 aliphatic rings. The maximum Gasteiger partial charge on any atom is 0.119 e. The summed E-state index contributed by atoms with van der Waals surface area (Å²) in [7, 11) is 0. The van der Waals surface area contributed by atoms with Gasteiger partial charge in [-0.15, -0.1) is 0 Å². The number of benzene rings is 1. The second-order valence-electron chi connectivity index (χ2n) is 10.2. The summed E-state index contributed by atoms with van der Waals surface area (Å²) < 4.78 is 5.80. The lowest BCUT2D eigenvalue weighted by Crippen LogP contribution is -2.41. The number of likely N-dealkylation sites (N-methyl/N-ethyl adjacent to an activating group) is 1. The molecule has 0 spiro atoms. The second-order valence-corrected chi connectivity index (χ2v) is 10.2. The van der Waals surface area contributed by atoms with E-state index in [9.17, 15) is 5.11 Å². The van der Waals surface area contributed by atoms with E-state index in [1.54, 1.807) is 0 Å². The summed E-state index contributed by atoms with van der Waals surface area (Å²) in [6.45, 7) is 17.8. The summed E-state index contributed by atoms with van der Waals surface area (Å²) in [5.74, 6) is 0.822. The first-order valence-electron chi connectivity index (χ1n) is 11.0. The molecular formula is C24H42N2O2. The molecule has 0 amide bonds. The monoisotopic (exact) mass is 390 g/mol. The standard InChI is InChI=1S/C24H42N2O2/c1-7-26-14-8-9-20(26)15-25-16-21(27)17-28-22-12-10-19(11-13-22)24(5,6)18-23(2,3)4/h10-13,20-21,25,27H,7-9,14-18H2,1-6H3. The van der Waals surface area contributed by atoms with E-state index in [4.69, 9.17) is 4.74 Å². The van der Waals surface area contributed by atoms with Crippen LogP contribution in [0.4, 0.5) is 0 Å². The third-order valence-corrected chi connectivity index (χ3v) is 5.72. The first kappa shape index (κ1) is 23.2. The van der Waals surface area contributed by atoms with Crippen molar-refractivity contribution in [2.24, 2.45) is 5.41 Å². The quantitative estimate of drug-likeness (QED) is 0.628. The van der Waals surface area contributed by atoms with Crippen LogP contribution in [0.25, 0.3) is 0 Å². The normalized spacial score (nSPS) is 19.8. The number of nitrogens with one attached hydrogen (secondary N) is 1. The first-order valence-corrected chi connectivity index (χ1v) is 11.0. The molecule has 0 bridgehead atoms. The molecule has 1 saturated heterocycles. The summed E-state index contributed by atoms with van der Waals surface area (Å²) in [6, 6.07) is 8.98. The summed E-state index contributed by atoms with van der Waals surface area (Å²) in [5.41, 5.74) is 1.75. The highest BCUT2D eigenvalue weighted by atomic mass is 16.5. The minimum atomic E-state index is -0.492. The lowest BCUT2D eigenvalue weighted by molar-refractivity contribution is 0.104. The maximum absolute atomic E-state index is 10.2.